The summed E-state index contributed by atoms with van der Waals surface area (Å²) in [7, 11) is 0. The van der Waals surface area contributed by atoms with Gasteiger partial charge >= 0.3 is 0 Å². The summed E-state index contributed by atoms with van der Waals surface area (Å²) >= 11 is 5.60. The van der Waals surface area contributed by atoms with Crippen molar-refractivity contribution in [3.05, 3.63) is 29.0 Å². The summed E-state index contributed by atoms with van der Waals surface area (Å²) < 4.78 is 18.6. The summed E-state index contributed by atoms with van der Waals surface area (Å²) in [5.41, 5.74) is 0.434. The number of ether oxygens (including phenoxy) is 1. The lowest BCUT2D eigenvalue weighted by atomic mass is 9.60. The van der Waals surface area contributed by atoms with Crippen LogP contribution in [0.5, 0.6) is 5.75 Å². The Balaban J connectivity index is 1.41. The Bertz CT molecular complexity index is 553. The van der Waals surface area contributed by atoms with Crippen molar-refractivity contribution in [3.63, 3.8) is 0 Å². The van der Waals surface area contributed by atoms with E-state index < -0.39 is 5.82 Å². The van der Waals surface area contributed by atoms with E-state index in [-0.39, 0.29) is 23.6 Å². The van der Waals surface area contributed by atoms with Crippen molar-refractivity contribution < 1.29 is 13.9 Å². The fourth-order valence-corrected chi connectivity index (χ4v) is 3.56. The Labute approximate surface area is 134 Å². The minimum Gasteiger partial charge on any atom is -0.484 e. The third kappa shape index (κ3) is 3.52. The molecule has 1 aliphatic carbocycles. The van der Waals surface area contributed by atoms with Crippen LogP contribution in [0, 0.1) is 11.2 Å². The van der Waals surface area contributed by atoms with Crippen LogP contribution in [0.4, 0.5) is 4.39 Å². The average Bonchev–Trinajstić information content (AvgIpc) is 2.48. The summed E-state index contributed by atoms with van der Waals surface area (Å²) in [5.74, 6) is -0.406. The molecule has 2 fully saturated rings. The number of carbonyl (C=O) groups is 1. The Morgan fingerprint density at radius 2 is 2.14 bits per heavy atom. The number of carbonyl (C=O) groups excluding carboxylic acids is 1. The minimum absolute atomic E-state index is 0.0403. The molecule has 2 N–H and O–H groups in total. The molecule has 1 aromatic rings. The normalized spacial score (nSPS) is 20.5. The Hall–Kier alpha value is -1.33. The zero-order chi connectivity index (χ0) is 15.6. The van der Waals surface area contributed by atoms with Crippen molar-refractivity contribution in [3.8, 4) is 5.75 Å². The second kappa shape index (κ2) is 6.42. The van der Waals surface area contributed by atoms with Gasteiger partial charge in [0.1, 0.15) is 11.6 Å². The van der Waals surface area contributed by atoms with E-state index in [9.17, 15) is 9.18 Å². The lowest BCUT2D eigenvalue weighted by Crippen LogP contribution is -2.54. The topological polar surface area (TPSA) is 50.4 Å². The minimum atomic E-state index is -0.550. The van der Waals surface area contributed by atoms with Crippen molar-refractivity contribution in [2.45, 2.75) is 31.7 Å². The summed E-state index contributed by atoms with van der Waals surface area (Å²) in [5, 5.41) is 6.38. The highest BCUT2D eigenvalue weighted by Gasteiger charge is 2.44. The highest BCUT2D eigenvalue weighted by atomic mass is 35.5. The molecule has 1 saturated heterocycles. The predicted molar refractivity (Wildman–Crippen MR) is 82.6 cm³/mol. The summed E-state index contributed by atoms with van der Waals surface area (Å²) in [4.78, 5) is 11.9. The molecule has 22 heavy (non-hydrogen) atoms. The zero-order valence-corrected chi connectivity index (χ0v) is 13.1. The van der Waals surface area contributed by atoms with Crippen molar-refractivity contribution in [2.24, 2.45) is 5.41 Å². The zero-order valence-electron chi connectivity index (χ0n) is 12.3. The van der Waals surface area contributed by atoms with E-state index in [4.69, 9.17) is 16.3 Å². The number of hydrogen-bond acceptors (Lipinski definition) is 3. The first kappa shape index (κ1) is 15.6. The fraction of sp³-hybridized carbons (Fsp3) is 0.562. The third-order valence-corrected chi connectivity index (χ3v) is 4.96. The van der Waals surface area contributed by atoms with Crippen LogP contribution >= 0.6 is 11.6 Å². The Kier molecular flexibility index (Phi) is 4.54. The monoisotopic (exact) mass is 326 g/mol. The van der Waals surface area contributed by atoms with Crippen molar-refractivity contribution in [1.82, 2.24) is 10.6 Å². The van der Waals surface area contributed by atoms with Crippen LogP contribution in [0.25, 0.3) is 0 Å². The van der Waals surface area contributed by atoms with Gasteiger partial charge in [0.2, 0.25) is 0 Å². The van der Waals surface area contributed by atoms with Gasteiger partial charge in [-0.3, -0.25) is 4.79 Å². The highest BCUT2D eigenvalue weighted by molar-refractivity contribution is 6.30. The lowest BCUT2D eigenvalue weighted by molar-refractivity contribution is -0.125. The van der Waals surface area contributed by atoms with Crippen LogP contribution in [0.3, 0.4) is 0 Å². The van der Waals surface area contributed by atoms with Crippen LogP contribution in [0.2, 0.25) is 5.02 Å². The molecule has 0 radical (unpaired) electrons. The van der Waals surface area contributed by atoms with Gasteiger partial charge < -0.3 is 15.4 Å². The van der Waals surface area contributed by atoms with Crippen molar-refractivity contribution >= 4 is 17.5 Å². The van der Waals surface area contributed by atoms with Gasteiger partial charge in [-0.15, -0.1) is 0 Å². The average molecular weight is 327 g/mol. The fourth-order valence-electron chi connectivity index (χ4n) is 3.44. The molecule has 1 saturated carbocycles. The van der Waals surface area contributed by atoms with Gasteiger partial charge in [-0.1, -0.05) is 11.6 Å². The Morgan fingerprint density at radius 3 is 2.82 bits per heavy atom. The van der Waals surface area contributed by atoms with E-state index in [1.165, 1.54) is 25.0 Å². The van der Waals surface area contributed by atoms with Gasteiger partial charge in [-0.05, 0) is 56.3 Å². The molecule has 4 nitrogen and oxygen atoms in total. The first-order chi connectivity index (χ1) is 10.6. The van der Waals surface area contributed by atoms with E-state index in [0.29, 0.717) is 11.2 Å². The maximum atomic E-state index is 13.3. The molecular formula is C16H20ClFN2O2. The molecule has 1 aliphatic heterocycles. The molecule has 1 amide bonds. The predicted octanol–water partition coefficient (Wildman–Crippen LogP) is 2.51. The highest BCUT2D eigenvalue weighted by Crippen LogP contribution is 2.47. The molecule has 2 aliphatic rings. The maximum absolute atomic E-state index is 13.3. The van der Waals surface area contributed by atoms with Crippen LogP contribution in [0.15, 0.2) is 18.2 Å². The molecule has 120 valence electrons. The second-order valence-corrected chi connectivity index (χ2v) is 6.69. The van der Waals surface area contributed by atoms with E-state index in [1.807, 2.05) is 0 Å². The number of amides is 1. The molecule has 0 unspecified atom stereocenters. The molecule has 0 bridgehead atoms. The molecule has 3 rings (SSSR count). The molecular weight excluding hydrogens is 307 g/mol. The van der Waals surface area contributed by atoms with Gasteiger partial charge in [0.05, 0.1) is 5.02 Å². The maximum Gasteiger partial charge on any atom is 0.258 e. The van der Waals surface area contributed by atoms with Crippen molar-refractivity contribution in [2.75, 3.05) is 19.7 Å². The first-order valence-electron chi connectivity index (χ1n) is 7.64. The second-order valence-electron chi connectivity index (χ2n) is 6.29. The van der Waals surface area contributed by atoms with E-state index >= 15 is 0 Å². The van der Waals surface area contributed by atoms with E-state index in [2.05, 4.69) is 10.6 Å². The Morgan fingerprint density at radius 1 is 1.41 bits per heavy atom. The van der Waals surface area contributed by atoms with Crippen LogP contribution < -0.4 is 15.4 Å². The number of halogens is 2. The van der Waals surface area contributed by atoms with Gasteiger partial charge in [0, 0.05) is 12.1 Å². The standard InChI is InChI=1S/C16H20ClFN2O2/c17-13-2-1-12(7-14(13)18)22-10-15(21)20-11-8-16(9-11)3-5-19-6-4-16/h1-2,7,11,19H,3-6,8-10H2,(H,20,21). The number of hydrogen-bond donors (Lipinski definition) is 2. The van der Waals surface area contributed by atoms with E-state index in [0.717, 1.165) is 25.9 Å². The molecule has 1 heterocycles. The van der Waals surface area contributed by atoms with Gasteiger partial charge in [-0.2, -0.15) is 0 Å². The summed E-state index contributed by atoms with van der Waals surface area (Å²) in [6.07, 6.45) is 4.49. The van der Waals surface area contributed by atoms with Gasteiger partial charge in [0.25, 0.3) is 5.91 Å². The summed E-state index contributed by atoms with van der Waals surface area (Å²) in [6.45, 7) is 2.05. The van der Waals surface area contributed by atoms with Gasteiger partial charge in [0.15, 0.2) is 6.61 Å². The van der Waals surface area contributed by atoms with Crippen LogP contribution in [0.1, 0.15) is 25.7 Å². The van der Waals surface area contributed by atoms with Crippen LogP contribution in [-0.2, 0) is 4.79 Å². The third-order valence-electron chi connectivity index (χ3n) is 4.65. The number of piperidine rings is 1. The molecule has 0 aromatic heterocycles. The molecule has 1 aromatic carbocycles. The van der Waals surface area contributed by atoms with E-state index in [1.54, 1.807) is 6.07 Å². The summed E-state index contributed by atoms with van der Waals surface area (Å²) in [6, 6.07) is 4.39. The molecule has 1 spiro atoms. The number of benzene rings is 1. The SMILES string of the molecule is O=C(COc1ccc(Cl)c(F)c1)NC1CC2(CCNCC2)C1. The largest absolute Gasteiger partial charge is 0.484 e. The number of rotatable bonds is 4. The lowest BCUT2D eigenvalue weighted by Gasteiger charge is -2.50. The van der Waals surface area contributed by atoms with Crippen molar-refractivity contribution in [1.29, 1.82) is 0 Å². The van der Waals surface area contributed by atoms with Crippen LogP contribution in [-0.4, -0.2) is 31.6 Å². The number of nitrogens with one attached hydrogen (secondary N) is 2. The smallest absolute Gasteiger partial charge is 0.258 e. The van der Waals surface area contributed by atoms with Gasteiger partial charge in [-0.25, -0.2) is 4.39 Å². The first-order valence-corrected chi connectivity index (χ1v) is 8.02. The molecule has 0 atom stereocenters. The quantitative estimate of drug-likeness (QED) is 0.894. The molecule has 6 heteroatoms.